The number of H-pyrrole nitrogens is 1. The quantitative estimate of drug-likeness (QED) is 0.720. The van der Waals surface area contributed by atoms with Crippen LogP contribution in [-0.4, -0.2) is 19.9 Å². The molecule has 1 aliphatic rings. The molecule has 0 aliphatic carbocycles. The van der Waals surface area contributed by atoms with Crippen molar-refractivity contribution in [1.82, 2.24) is 15.2 Å². The fourth-order valence-electron chi connectivity index (χ4n) is 2.90. The third-order valence-electron chi connectivity index (χ3n) is 3.91. The zero-order valence-electron chi connectivity index (χ0n) is 11.9. The first-order valence-electron chi connectivity index (χ1n) is 6.88. The van der Waals surface area contributed by atoms with E-state index in [-0.39, 0.29) is 4.75 Å². The maximum absolute atomic E-state index is 6.07. The van der Waals surface area contributed by atoms with Crippen LogP contribution in [0.25, 0.3) is 22.5 Å². The first-order valence-corrected chi connectivity index (χ1v) is 7.87. The van der Waals surface area contributed by atoms with Gasteiger partial charge in [-0.15, -0.1) is 0 Å². The highest BCUT2D eigenvalue weighted by molar-refractivity contribution is 7.99. The topological polar surface area (TPSA) is 80.7 Å². The van der Waals surface area contributed by atoms with E-state index in [0.29, 0.717) is 11.5 Å². The Morgan fingerprint density at radius 2 is 2.24 bits per heavy atom. The minimum Gasteiger partial charge on any atom is -0.463 e. The smallest absolute Gasteiger partial charge is 0.184 e. The molecule has 6 heteroatoms. The first-order chi connectivity index (χ1) is 10.1. The zero-order chi connectivity index (χ0) is 14.6. The second-order valence-corrected chi connectivity index (χ2v) is 7.64. The second kappa shape index (κ2) is 4.27. The number of nitrogens with zero attached hydrogens (tertiary/aromatic N) is 2. The van der Waals surface area contributed by atoms with E-state index in [1.54, 1.807) is 6.26 Å². The largest absolute Gasteiger partial charge is 0.463 e. The number of pyridine rings is 1. The number of nitrogens with two attached hydrogens (primary N) is 1. The Labute approximate surface area is 126 Å². The van der Waals surface area contributed by atoms with Crippen molar-refractivity contribution in [2.45, 2.75) is 30.8 Å². The summed E-state index contributed by atoms with van der Waals surface area (Å²) in [7, 11) is 0. The molecule has 0 radical (unpaired) electrons. The molecule has 0 saturated carbocycles. The monoisotopic (exact) mass is 300 g/mol. The summed E-state index contributed by atoms with van der Waals surface area (Å²) in [6.45, 7) is 4.52. The third-order valence-corrected chi connectivity index (χ3v) is 5.27. The molecule has 4 heterocycles. The fraction of sp³-hybridized carbons (Fsp3) is 0.333. The summed E-state index contributed by atoms with van der Waals surface area (Å²) in [5, 5.41) is 8.06. The van der Waals surface area contributed by atoms with Crippen LogP contribution in [0.3, 0.4) is 0 Å². The lowest BCUT2D eigenvalue weighted by Crippen LogP contribution is -2.24. The van der Waals surface area contributed by atoms with Gasteiger partial charge in [-0.2, -0.15) is 16.9 Å². The van der Waals surface area contributed by atoms with Crippen molar-refractivity contribution in [3.63, 3.8) is 0 Å². The zero-order valence-corrected chi connectivity index (χ0v) is 12.8. The Hall–Kier alpha value is -1.95. The molecule has 21 heavy (non-hydrogen) atoms. The highest BCUT2D eigenvalue weighted by atomic mass is 32.2. The SMILES string of the molecule is CC1(C)Cc2c(c(-c3ccco3)nc3n[nH]c(N)c23)CS1. The Balaban J connectivity index is 2.05. The second-order valence-electron chi connectivity index (χ2n) is 5.96. The average Bonchev–Trinajstić information content (AvgIpc) is 3.06. The fourth-order valence-corrected chi connectivity index (χ4v) is 4.00. The van der Waals surface area contributed by atoms with Crippen molar-refractivity contribution in [2.24, 2.45) is 0 Å². The number of furan rings is 1. The van der Waals surface area contributed by atoms with Gasteiger partial charge in [0, 0.05) is 10.5 Å². The van der Waals surface area contributed by atoms with Crippen LogP contribution < -0.4 is 5.73 Å². The van der Waals surface area contributed by atoms with Gasteiger partial charge in [0.15, 0.2) is 11.4 Å². The van der Waals surface area contributed by atoms with Gasteiger partial charge in [-0.1, -0.05) is 13.8 Å². The minimum absolute atomic E-state index is 0.186. The lowest BCUT2D eigenvalue weighted by molar-refractivity contribution is 0.579. The molecular weight excluding hydrogens is 284 g/mol. The van der Waals surface area contributed by atoms with Crippen LogP contribution in [0, 0.1) is 0 Å². The van der Waals surface area contributed by atoms with Crippen LogP contribution in [-0.2, 0) is 12.2 Å². The van der Waals surface area contributed by atoms with Crippen LogP contribution in [0.1, 0.15) is 25.0 Å². The molecule has 3 N–H and O–H groups in total. The van der Waals surface area contributed by atoms with Crippen LogP contribution in [0.15, 0.2) is 22.8 Å². The van der Waals surface area contributed by atoms with Crippen molar-refractivity contribution in [3.05, 3.63) is 29.5 Å². The lowest BCUT2D eigenvalue weighted by Gasteiger charge is -2.31. The minimum atomic E-state index is 0.186. The van der Waals surface area contributed by atoms with Crippen molar-refractivity contribution >= 4 is 28.6 Å². The van der Waals surface area contributed by atoms with Crippen LogP contribution in [0.4, 0.5) is 5.82 Å². The normalized spacial score (nSPS) is 17.0. The number of thioether (sulfide) groups is 1. The summed E-state index contributed by atoms with van der Waals surface area (Å²) in [6.07, 6.45) is 2.62. The summed E-state index contributed by atoms with van der Waals surface area (Å²) >= 11 is 1.94. The predicted molar refractivity (Wildman–Crippen MR) is 85.1 cm³/mol. The number of anilines is 1. The Morgan fingerprint density at radius 3 is 3.00 bits per heavy atom. The van der Waals surface area contributed by atoms with Gasteiger partial charge < -0.3 is 10.2 Å². The van der Waals surface area contributed by atoms with Gasteiger partial charge in [0.05, 0.1) is 11.6 Å². The molecule has 0 amide bonds. The average molecular weight is 300 g/mol. The molecule has 0 aromatic carbocycles. The highest BCUT2D eigenvalue weighted by Gasteiger charge is 2.31. The molecule has 108 valence electrons. The molecule has 3 aromatic rings. The van der Waals surface area contributed by atoms with Crippen molar-refractivity contribution < 1.29 is 4.42 Å². The van der Waals surface area contributed by atoms with Crippen molar-refractivity contribution in [1.29, 1.82) is 0 Å². The third kappa shape index (κ3) is 1.93. The number of hydrogen-bond acceptors (Lipinski definition) is 5. The molecule has 0 atom stereocenters. The first kappa shape index (κ1) is 12.8. The molecule has 5 nitrogen and oxygen atoms in total. The number of nitrogens with one attached hydrogen (secondary N) is 1. The van der Waals surface area contributed by atoms with Gasteiger partial charge in [0.25, 0.3) is 0 Å². The molecular formula is C15H16N4OS. The molecule has 0 spiro atoms. The van der Waals surface area contributed by atoms with Gasteiger partial charge in [-0.05, 0) is 29.7 Å². The van der Waals surface area contributed by atoms with Crippen molar-refractivity contribution in [2.75, 3.05) is 5.73 Å². The molecule has 0 fully saturated rings. The summed E-state index contributed by atoms with van der Waals surface area (Å²) in [6, 6.07) is 3.82. The van der Waals surface area contributed by atoms with Gasteiger partial charge in [-0.3, -0.25) is 5.10 Å². The molecule has 0 bridgehead atoms. The van der Waals surface area contributed by atoms with E-state index in [9.17, 15) is 0 Å². The summed E-state index contributed by atoms with van der Waals surface area (Å²) < 4.78 is 5.74. The van der Waals surface area contributed by atoms with E-state index in [4.69, 9.17) is 10.2 Å². The summed E-state index contributed by atoms with van der Waals surface area (Å²) in [5.41, 5.74) is 10.1. The van der Waals surface area contributed by atoms with Gasteiger partial charge in [0.1, 0.15) is 11.5 Å². The Kier molecular flexibility index (Phi) is 2.60. The molecule has 0 unspecified atom stereocenters. The van der Waals surface area contributed by atoms with E-state index in [1.807, 2.05) is 23.9 Å². The van der Waals surface area contributed by atoms with Gasteiger partial charge in [0.2, 0.25) is 0 Å². The van der Waals surface area contributed by atoms with E-state index in [2.05, 4.69) is 29.0 Å². The molecule has 4 rings (SSSR count). The van der Waals surface area contributed by atoms with E-state index in [0.717, 1.165) is 29.0 Å². The Bertz CT molecular complexity index is 820. The molecule has 0 saturated heterocycles. The number of rotatable bonds is 1. The van der Waals surface area contributed by atoms with E-state index >= 15 is 0 Å². The van der Waals surface area contributed by atoms with Crippen LogP contribution in [0.2, 0.25) is 0 Å². The van der Waals surface area contributed by atoms with Gasteiger partial charge in [-0.25, -0.2) is 4.98 Å². The maximum Gasteiger partial charge on any atom is 0.184 e. The lowest BCUT2D eigenvalue weighted by atomic mass is 9.93. The highest BCUT2D eigenvalue weighted by Crippen LogP contribution is 2.44. The standard InChI is InChI=1S/C15H16N4OS/c1-15(2)6-8-9(7-21-15)12(10-4-3-5-20-10)17-14-11(8)13(16)18-19-14/h3-5H,6-7H2,1-2H3,(H3,16,17,18,19). The summed E-state index contributed by atoms with van der Waals surface area (Å²) in [5.74, 6) is 2.30. The molecule has 1 aliphatic heterocycles. The van der Waals surface area contributed by atoms with Crippen molar-refractivity contribution in [3.8, 4) is 11.5 Å². The van der Waals surface area contributed by atoms with E-state index in [1.165, 1.54) is 11.1 Å². The number of hydrogen-bond donors (Lipinski definition) is 2. The van der Waals surface area contributed by atoms with Crippen LogP contribution in [0.5, 0.6) is 0 Å². The number of fused-ring (bicyclic) bond motifs is 3. The van der Waals surface area contributed by atoms with Crippen LogP contribution >= 0.6 is 11.8 Å². The number of aromatic nitrogens is 3. The number of nitrogen functional groups attached to an aromatic ring is 1. The predicted octanol–water partition coefficient (Wildman–Crippen LogP) is 3.37. The van der Waals surface area contributed by atoms with Gasteiger partial charge >= 0.3 is 0 Å². The number of aromatic amines is 1. The molecule has 3 aromatic heterocycles. The Morgan fingerprint density at radius 1 is 1.38 bits per heavy atom. The maximum atomic E-state index is 6.07. The summed E-state index contributed by atoms with van der Waals surface area (Å²) in [4.78, 5) is 4.67. The van der Waals surface area contributed by atoms with E-state index < -0.39 is 0 Å².